The van der Waals surface area contributed by atoms with E-state index in [9.17, 15) is 23.4 Å². The predicted molar refractivity (Wildman–Crippen MR) is 129 cm³/mol. The van der Waals surface area contributed by atoms with Crippen LogP contribution in [-0.2, 0) is 22.1 Å². The Hall–Kier alpha value is -3.98. The van der Waals surface area contributed by atoms with Crippen molar-refractivity contribution in [3.8, 4) is 29.4 Å². The van der Waals surface area contributed by atoms with Gasteiger partial charge in [0.25, 0.3) is 0 Å². The van der Waals surface area contributed by atoms with Crippen LogP contribution >= 0.6 is 0 Å². The van der Waals surface area contributed by atoms with Gasteiger partial charge in [-0.25, -0.2) is 4.98 Å². The van der Waals surface area contributed by atoms with Crippen LogP contribution in [0, 0.1) is 24.2 Å². The zero-order valence-electron chi connectivity index (χ0n) is 21.4. The number of nitriles is 1. The summed E-state index contributed by atoms with van der Waals surface area (Å²) in [5.74, 6) is -0.252. The molecule has 0 unspecified atom stereocenters. The SMILES string of the molecule is Cc1cc(OC[C@@H]2C[C@@]3(C)O[C@]2(C)c2c3c(O)n(-c3ccc(C#N)c(C(F)(F)F)c3)c2O)nc(N(C)C)n1. The van der Waals surface area contributed by atoms with E-state index in [0.29, 0.717) is 29.4 Å². The number of hydrogen-bond acceptors (Lipinski definition) is 8. The molecule has 1 aromatic carbocycles. The van der Waals surface area contributed by atoms with Crippen molar-refractivity contribution in [2.24, 2.45) is 5.92 Å². The molecule has 3 atom stereocenters. The fraction of sp³-hybridized carbons (Fsp3) is 0.423. The average molecular weight is 530 g/mol. The van der Waals surface area contributed by atoms with Crippen molar-refractivity contribution in [2.45, 2.75) is 44.6 Å². The summed E-state index contributed by atoms with van der Waals surface area (Å²) in [5.41, 5.74) is -2.62. The third kappa shape index (κ3) is 3.72. The van der Waals surface area contributed by atoms with Gasteiger partial charge in [-0.15, -0.1) is 0 Å². The molecule has 0 aliphatic carbocycles. The lowest BCUT2D eigenvalue weighted by molar-refractivity contribution is -0.137. The molecule has 0 radical (unpaired) electrons. The van der Waals surface area contributed by atoms with Crippen molar-refractivity contribution in [1.82, 2.24) is 14.5 Å². The molecule has 1 saturated heterocycles. The van der Waals surface area contributed by atoms with Crippen LogP contribution in [0.4, 0.5) is 19.1 Å². The van der Waals surface area contributed by atoms with Gasteiger partial charge in [0.1, 0.15) is 5.60 Å². The number of fused-ring (bicyclic) bond motifs is 5. The molecule has 200 valence electrons. The number of alkyl halides is 3. The van der Waals surface area contributed by atoms with E-state index in [1.165, 1.54) is 12.1 Å². The van der Waals surface area contributed by atoms with Crippen LogP contribution in [0.1, 0.15) is 48.2 Å². The van der Waals surface area contributed by atoms with Gasteiger partial charge < -0.3 is 24.6 Å². The first-order chi connectivity index (χ1) is 17.7. The molecule has 2 aliphatic rings. The summed E-state index contributed by atoms with van der Waals surface area (Å²) in [4.78, 5) is 10.5. The molecular weight excluding hydrogens is 503 g/mol. The summed E-state index contributed by atoms with van der Waals surface area (Å²) in [7, 11) is 3.63. The van der Waals surface area contributed by atoms with Gasteiger partial charge in [-0.1, -0.05) is 0 Å². The van der Waals surface area contributed by atoms with E-state index in [2.05, 4.69) is 9.97 Å². The van der Waals surface area contributed by atoms with E-state index in [1.54, 1.807) is 24.8 Å². The lowest BCUT2D eigenvalue weighted by Crippen LogP contribution is -2.33. The molecule has 2 bridgehead atoms. The number of nitrogens with zero attached hydrogens (tertiary/aromatic N) is 5. The summed E-state index contributed by atoms with van der Waals surface area (Å²) in [6.07, 6.45) is -4.37. The number of aromatic hydroxyl groups is 2. The van der Waals surface area contributed by atoms with Crippen molar-refractivity contribution in [3.05, 3.63) is 52.2 Å². The van der Waals surface area contributed by atoms with Gasteiger partial charge in [0, 0.05) is 31.8 Å². The van der Waals surface area contributed by atoms with Crippen molar-refractivity contribution in [3.63, 3.8) is 0 Å². The van der Waals surface area contributed by atoms with Gasteiger partial charge in [-0.2, -0.15) is 23.4 Å². The molecule has 0 amide bonds. The van der Waals surface area contributed by atoms with Crippen LogP contribution in [0.25, 0.3) is 5.69 Å². The molecule has 3 aromatic rings. The molecule has 0 saturated carbocycles. The second-order valence-corrected chi connectivity index (χ2v) is 10.3. The number of ether oxygens (including phenoxy) is 2. The number of aromatic nitrogens is 3. The second kappa shape index (κ2) is 8.26. The quantitative estimate of drug-likeness (QED) is 0.496. The van der Waals surface area contributed by atoms with Crippen LogP contribution in [0.3, 0.4) is 0 Å². The predicted octanol–water partition coefficient (Wildman–Crippen LogP) is 4.50. The minimum Gasteiger partial charge on any atom is -0.494 e. The van der Waals surface area contributed by atoms with Gasteiger partial charge in [-0.3, -0.25) is 4.57 Å². The molecule has 9 nitrogen and oxygen atoms in total. The van der Waals surface area contributed by atoms with E-state index in [0.717, 1.165) is 22.4 Å². The Morgan fingerprint density at radius 2 is 1.87 bits per heavy atom. The zero-order valence-corrected chi connectivity index (χ0v) is 21.4. The Morgan fingerprint density at radius 1 is 1.18 bits per heavy atom. The van der Waals surface area contributed by atoms with E-state index < -0.39 is 40.3 Å². The molecule has 0 spiro atoms. The largest absolute Gasteiger partial charge is 0.494 e. The van der Waals surface area contributed by atoms with Crippen LogP contribution in [0.2, 0.25) is 0 Å². The lowest BCUT2D eigenvalue weighted by Gasteiger charge is -2.29. The molecule has 2 aliphatic heterocycles. The first-order valence-electron chi connectivity index (χ1n) is 11.8. The Kier molecular flexibility index (Phi) is 5.58. The number of halogens is 3. The molecule has 2 aromatic heterocycles. The standard InChI is InChI=1S/C26H26F3N5O4/c1-13-8-18(32-23(31-13)33(4)5)37-12-15-10-24(2)19-20(25(15,3)38-24)22(36)34(21(19)35)16-7-6-14(11-30)17(9-16)26(27,28)29/h6-9,15,35-36H,10,12H2,1-5H3/t15-,24+,25-/m0/s1. The zero-order chi connectivity index (χ0) is 27.8. The van der Waals surface area contributed by atoms with Gasteiger partial charge in [0.2, 0.25) is 23.6 Å². The van der Waals surface area contributed by atoms with E-state index >= 15 is 0 Å². The minimum atomic E-state index is -4.80. The van der Waals surface area contributed by atoms with Crippen molar-refractivity contribution >= 4 is 5.95 Å². The summed E-state index contributed by atoms with van der Waals surface area (Å²) in [5, 5.41) is 31.5. The smallest absolute Gasteiger partial charge is 0.417 e. The normalized spacial score (nSPS) is 23.8. The molecule has 38 heavy (non-hydrogen) atoms. The number of anilines is 1. The van der Waals surface area contributed by atoms with Crippen molar-refractivity contribution < 1.29 is 32.9 Å². The Bertz CT molecular complexity index is 1500. The third-order valence-electron chi connectivity index (χ3n) is 7.34. The second-order valence-electron chi connectivity index (χ2n) is 10.3. The first kappa shape index (κ1) is 25.7. The van der Waals surface area contributed by atoms with Crippen molar-refractivity contribution in [1.29, 1.82) is 5.26 Å². The van der Waals surface area contributed by atoms with Crippen LogP contribution < -0.4 is 9.64 Å². The van der Waals surface area contributed by atoms with Crippen LogP contribution in [0.15, 0.2) is 24.3 Å². The number of benzene rings is 1. The Balaban J connectivity index is 1.53. The van der Waals surface area contributed by atoms with E-state index in [4.69, 9.17) is 14.7 Å². The van der Waals surface area contributed by atoms with Gasteiger partial charge in [0.05, 0.1) is 46.2 Å². The summed E-state index contributed by atoms with van der Waals surface area (Å²) in [6.45, 7) is 5.53. The minimum absolute atomic E-state index is 0.132. The topological polar surface area (TPSA) is 117 Å². The van der Waals surface area contributed by atoms with Gasteiger partial charge in [-0.05, 0) is 45.4 Å². The maximum Gasteiger partial charge on any atom is 0.417 e. The number of hydrogen-bond donors (Lipinski definition) is 2. The highest BCUT2D eigenvalue weighted by molar-refractivity contribution is 5.62. The van der Waals surface area contributed by atoms with E-state index in [1.807, 2.05) is 21.0 Å². The fourth-order valence-corrected chi connectivity index (χ4v) is 5.64. The summed E-state index contributed by atoms with van der Waals surface area (Å²) >= 11 is 0. The highest BCUT2D eigenvalue weighted by atomic mass is 19.4. The highest BCUT2D eigenvalue weighted by Crippen LogP contribution is 2.66. The molecule has 1 fully saturated rings. The Labute approximate surface area is 216 Å². The fourth-order valence-electron chi connectivity index (χ4n) is 5.64. The molecule has 12 heteroatoms. The molecule has 2 N–H and O–H groups in total. The summed E-state index contributed by atoms with van der Waals surface area (Å²) < 4.78 is 54.1. The lowest BCUT2D eigenvalue weighted by atomic mass is 9.73. The van der Waals surface area contributed by atoms with E-state index in [-0.39, 0.29) is 18.2 Å². The maximum atomic E-state index is 13.6. The Morgan fingerprint density at radius 3 is 2.50 bits per heavy atom. The maximum absolute atomic E-state index is 13.6. The van der Waals surface area contributed by atoms with Crippen LogP contribution in [0.5, 0.6) is 17.6 Å². The first-order valence-corrected chi connectivity index (χ1v) is 11.8. The molecular formula is C26H26F3N5O4. The van der Waals surface area contributed by atoms with Crippen LogP contribution in [-0.4, -0.2) is 45.5 Å². The molecule has 5 rings (SSSR count). The van der Waals surface area contributed by atoms with Gasteiger partial charge in [0.15, 0.2) is 0 Å². The highest BCUT2D eigenvalue weighted by Gasteiger charge is 2.64. The number of rotatable bonds is 5. The number of aryl methyl sites for hydroxylation is 1. The van der Waals surface area contributed by atoms with Crippen molar-refractivity contribution in [2.75, 3.05) is 25.6 Å². The summed E-state index contributed by atoms with van der Waals surface area (Å²) in [6, 6.07) is 6.24. The third-order valence-corrected chi connectivity index (χ3v) is 7.34. The van der Waals surface area contributed by atoms with Gasteiger partial charge >= 0.3 is 6.18 Å². The molecule has 4 heterocycles. The average Bonchev–Trinajstić information content (AvgIpc) is 3.36. The monoisotopic (exact) mass is 529 g/mol.